The molecule has 0 N–H and O–H groups in total. The zero-order valence-corrected chi connectivity index (χ0v) is 45.2. The minimum atomic E-state index is -2.97. The van der Waals surface area contributed by atoms with E-state index in [0.29, 0.717) is 0 Å². The Balaban J connectivity index is 1.15. The highest BCUT2D eigenvalue weighted by molar-refractivity contribution is 7.20. The van der Waals surface area contributed by atoms with Crippen LogP contribution in [0.15, 0.2) is 328 Å². The van der Waals surface area contributed by atoms with E-state index in [4.69, 9.17) is 0 Å². The van der Waals surface area contributed by atoms with Crippen LogP contribution >= 0.6 is 0 Å². The summed E-state index contributed by atoms with van der Waals surface area (Å²) in [4.78, 5) is 0. The van der Waals surface area contributed by atoms with Crippen molar-refractivity contribution in [3.8, 4) is 33.4 Å². The molecule has 0 aliphatic heterocycles. The van der Waals surface area contributed by atoms with Crippen LogP contribution < -0.4 is 41.5 Å². The Morgan fingerprint density at radius 2 is 0.474 bits per heavy atom. The molecule has 0 bridgehead atoms. The normalized spacial score (nSPS) is 11.8. The lowest BCUT2D eigenvalue weighted by Gasteiger charge is -2.35. The second-order valence-electron chi connectivity index (χ2n) is 20.6. The third-order valence-electron chi connectivity index (χ3n) is 16.6. The highest BCUT2D eigenvalue weighted by Gasteiger charge is 2.43. The van der Waals surface area contributed by atoms with Crippen LogP contribution in [-0.2, 0) is 0 Å². The Kier molecular flexibility index (Phi) is 12.0. The van der Waals surface area contributed by atoms with Crippen molar-refractivity contribution in [1.82, 2.24) is 0 Å². The summed E-state index contributed by atoms with van der Waals surface area (Å²) in [6, 6.07) is 124. The summed E-state index contributed by atoms with van der Waals surface area (Å²) < 4.78 is 0. The zero-order chi connectivity index (χ0) is 51.9. The maximum absolute atomic E-state index is 2.97. The molecular formula is C76H54Si2. The second-order valence-corrected chi connectivity index (χ2v) is 28.2. The molecule has 14 aromatic rings. The molecular weight excluding hydrogens is 969 g/mol. The summed E-state index contributed by atoms with van der Waals surface area (Å²) in [7, 11) is -5.94. The third-order valence-corrected chi connectivity index (χ3v) is 26.1. The van der Waals surface area contributed by atoms with Gasteiger partial charge in [-0.15, -0.1) is 0 Å². The van der Waals surface area contributed by atoms with Crippen molar-refractivity contribution in [3.63, 3.8) is 0 Å². The lowest BCUT2D eigenvalue weighted by Crippen LogP contribution is -2.74. The van der Waals surface area contributed by atoms with Gasteiger partial charge in [0, 0.05) is 0 Å². The molecule has 78 heavy (non-hydrogen) atoms. The summed E-state index contributed by atoms with van der Waals surface area (Å²) >= 11 is 0. The second kappa shape index (κ2) is 19.9. The molecule has 14 rings (SSSR count). The first-order valence-corrected chi connectivity index (χ1v) is 31.2. The molecule has 0 fully saturated rings. The first-order valence-electron chi connectivity index (χ1n) is 27.2. The van der Waals surface area contributed by atoms with Crippen molar-refractivity contribution in [1.29, 1.82) is 0 Å². The third kappa shape index (κ3) is 7.71. The van der Waals surface area contributed by atoms with Crippen molar-refractivity contribution in [3.05, 3.63) is 328 Å². The standard InChI is InChI=1S/C76H54Si2/c1-7-29-59(30-8-1)77(60-31-9-2-10-32-60,61-33-11-3-12-34-61)65-50-52-72-73(53-65)75(58-47-45-57(46-48-58)68-43-23-27-55-25-19-21-41-67(55)68)71-51-49-66(54-74(71)76(72)70-44-24-28-56-26-20-22-42-69(56)70)78(62-35-13-4-14-36-62,63-37-15-5-16-38-63)64-39-17-6-18-40-64/h1-54H. The van der Waals surface area contributed by atoms with Gasteiger partial charge in [0.15, 0.2) is 16.1 Å². The van der Waals surface area contributed by atoms with Crippen LogP contribution in [0.1, 0.15) is 0 Å². The van der Waals surface area contributed by atoms with Gasteiger partial charge in [-0.25, -0.2) is 0 Å². The molecule has 0 heterocycles. The maximum Gasteiger partial charge on any atom is 0.179 e. The van der Waals surface area contributed by atoms with Crippen LogP contribution in [0.4, 0.5) is 0 Å². The van der Waals surface area contributed by atoms with Gasteiger partial charge in [-0.3, -0.25) is 0 Å². The highest BCUT2D eigenvalue weighted by Crippen LogP contribution is 2.46. The summed E-state index contributed by atoms with van der Waals surface area (Å²) in [6.07, 6.45) is 0. The summed E-state index contributed by atoms with van der Waals surface area (Å²) in [5.74, 6) is 0. The molecule has 0 aliphatic carbocycles. The average Bonchev–Trinajstić information content (AvgIpc) is 3.61. The SMILES string of the molecule is c1ccc([Si](c2ccccc2)(c2ccccc2)c2ccc3c(-c4cccc5ccccc45)c4cc([Si](c5ccccc5)(c5ccccc5)c5ccccc5)ccc4c(-c4ccc(-c5cccc6ccccc56)cc4)c3c2)cc1. The van der Waals surface area contributed by atoms with E-state index in [-0.39, 0.29) is 0 Å². The molecule has 0 unspecified atom stereocenters. The van der Waals surface area contributed by atoms with Crippen LogP contribution in [0.25, 0.3) is 76.5 Å². The number of benzene rings is 14. The summed E-state index contributed by atoms with van der Waals surface area (Å²) in [6.45, 7) is 0. The van der Waals surface area contributed by atoms with Gasteiger partial charge in [0.05, 0.1) is 0 Å². The van der Waals surface area contributed by atoms with Crippen molar-refractivity contribution in [2.24, 2.45) is 0 Å². The van der Waals surface area contributed by atoms with Crippen molar-refractivity contribution in [2.45, 2.75) is 0 Å². The van der Waals surface area contributed by atoms with Gasteiger partial charge < -0.3 is 0 Å². The highest BCUT2D eigenvalue weighted by atomic mass is 28.3. The van der Waals surface area contributed by atoms with Crippen LogP contribution in [0.2, 0.25) is 0 Å². The fourth-order valence-electron chi connectivity index (χ4n) is 13.2. The minimum Gasteiger partial charge on any atom is -0.0623 e. The van der Waals surface area contributed by atoms with E-state index in [1.54, 1.807) is 0 Å². The molecule has 0 spiro atoms. The minimum absolute atomic E-state index is 1.19. The predicted octanol–water partition coefficient (Wildman–Crippen LogP) is 14.1. The molecule has 0 saturated carbocycles. The molecule has 0 nitrogen and oxygen atoms in total. The molecule has 0 radical (unpaired) electrons. The van der Waals surface area contributed by atoms with Crippen LogP contribution in [0, 0.1) is 0 Å². The molecule has 0 saturated heterocycles. The Morgan fingerprint density at radius 3 is 0.885 bits per heavy atom. The van der Waals surface area contributed by atoms with Gasteiger partial charge in [-0.1, -0.05) is 328 Å². The van der Waals surface area contributed by atoms with Crippen molar-refractivity contribution in [2.75, 3.05) is 0 Å². The number of rotatable bonds is 11. The first kappa shape index (κ1) is 47.0. The van der Waals surface area contributed by atoms with Gasteiger partial charge in [0.25, 0.3) is 0 Å². The Morgan fingerprint density at radius 1 is 0.167 bits per heavy atom. The fraction of sp³-hybridized carbons (Fsp3) is 0. The van der Waals surface area contributed by atoms with Crippen LogP contribution in [0.5, 0.6) is 0 Å². The topological polar surface area (TPSA) is 0 Å². The number of hydrogen-bond donors (Lipinski definition) is 0. The van der Waals surface area contributed by atoms with E-state index in [1.807, 2.05) is 0 Å². The molecule has 2 heteroatoms. The van der Waals surface area contributed by atoms with E-state index in [2.05, 4.69) is 328 Å². The fourth-order valence-corrected chi connectivity index (χ4v) is 22.7. The van der Waals surface area contributed by atoms with E-state index in [9.17, 15) is 0 Å². The van der Waals surface area contributed by atoms with Gasteiger partial charge in [-0.2, -0.15) is 0 Å². The lowest BCUT2D eigenvalue weighted by atomic mass is 9.84. The predicted molar refractivity (Wildman–Crippen MR) is 340 cm³/mol. The van der Waals surface area contributed by atoms with Gasteiger partial charge >= 0.3 is 0 Å². The van der Waals surface area contributed by atoms with Crippen molar-refractivity contribution >= 4 is 101 Å². The lowest BCUT2D eigenvalue weighted by molar-refractivity contribution is 1.63. The van der Waals surface area contributed by atoms with Gasteiger partial charge in [-0.05, 0) is 118 Å². The smallest absolute Gasteiger partial charge is 0.0623 e. The van der Waals surface area contributed by atoms with Gasteiger partial charge in [0.1, 0.15) is 0 Å². The largest absolute Gasteiger partial charge is 0.179 e. The first-order chi connectivity index (χ1) is 38.7. The maximum atomic E-state index is 2.62. The van der Waals surface area contributed by atoms with E-state index in [0.717, 1.165) is 0 Å². The Bertz CT molecular complexity index is 4240. The molecule has 14 aromatic carbocycles. The molecule has 0 aliphatic rings. The molecule has 0 aromatic heterocycles. The average molecular weight is 1020 g/mol. The van der Waals surface area contributed by atoms with Crippen molar-refractivity contribution < 1.29 is 0 Å². The van der Waals surface area contributed by atoms with Crippen LogP contribution in [-0.4, -0.2) is 16.1 Å². The van der Waals surface area contributed by atoms with E-state index < -0.39 is 16.1 Å². The monoisotopic (exact) mass is 1020 g/mol. The number of hydrogen-bond acceptors (Lipinski definition) is 0. The zero-order valence-electron chi connectivity index (χ0n) is 43.2. The van der Waals surface area contributed by atoms with E-state index >= 15 is 0 Å². The van der Waals surface area contributed by atoms with Gasteiger partial charge in [0.2, 0.25) is 0 Å². The summed E-state index contributed by atoms with van der Waals surface area (Å²) in [5.41, 5.74) is 7.35. The quantitative estimate of drug-likeness (QED) is 0.0688. The Hall–Kier alpha value is -9.45. The Labute approximate surface area is 458 Å². The summed E-state index contributed by atoms with van der Waals surface area (Å²) in [5, 5.41) is 20.7. The van der Waals surface area contributed by atoms with Crippen LogP contribution in [0.3, 0.4) is 0 Å². The molecule has 0 atom stereocenters. The number of fused-ring (bicyclic) bond motifs is 4. The molecule has 366 valence electrons. The van der Waals surface area contributed by atoms with E-state index in [1.165, 1.54) is 118 Å². The molecule has 0 amide bonds.